The van der Waals surface area contributed by atoms with Gasteiger partial charge < -0.3 is 19.7 Å². The SMILES string of the molecule is CCOCc1cc(Cc2ccc(O)c(COCC)c2)ccc1O. The van der Waals surface area contributed by atoms with Crippen molar-refractivity contribution in [1.29, 1.82) is 0 Å². The topological polar surface area (TPSA) is 58.9 Å². The number of benzene rings is 2. The normalized spacial score (nSPS) is 10.9. The molecule has 0 radical (unpaired) electrons. The number of phenolic OH excluding ortho intramolecular Hbond substituents is 2. The molecular weight excluding hydrogens is 292 g/mol. The molecule has 0 aromatic heterocycles. The van der Waals surface area contributed by atoms with E-state index in [1.807, 2.05) is 38.1 Å². The molecular formula is C19H24O4. The summed E-state index contributed by atoms with van der Waals surface area (Å²) >= 11 is 0. The van der Waals surface area contributed by atoms with Gasteiger partial charge in [0.1, 0.15) is 11.5 Å². The van der Waals surface area contributed by atoms with Crippen molar-refractivity contribution in [3.63, 3.8) is 0 Å². The van der Waals surface area contributed by atoms with Gasteiger partial charge in [-0.05, 0) is 55.7 Å². The average Bonchev–Trinajstić information content (AvgIpc) is 2.55. The third kappa shape index (κ3) is 4.98. The molecule has 0 heterocycles. The molecule has 0 aliphatic rings. The smallest absolute Gasteiger partial charge is 0.121 e. The zero-order valence-electron chi connectivity index (χ0n) is 13.7. The van der Waals surface area contributed by atoms with E-state index in [9.17, 15) is 10.2 Å². The lowest BCUT2D eigenvalue weighted by Gasteiger charge is -2.10. The Balaban J connectivity index is 2.15. The van der Waals surface area contributed by atoms with E-state index in [4.69, 9.17) is 9.47 Å². The van der Waals surface area contributed by atoms with Crippen LogP contribution in [0.15, 0.2) is 36.4 Å². The Morgan fingerprint density at radius 1 is 0.739 bits per heavy atom. The fraction of sp³-hybridized carbons (Fsp3) is 0.368. The summed E-state index contributed by atoms with van der Waals surface area (Å²) in [7, 11) is 0. The van der Waals surface area contributed by atoms with Crippen LogP contribution in [0.25, 0.3) is 0 Å². The lowest BCUT2D eigenvalue weighted by molar-refractivity contribution is 0.132. The maximum atomic E-state index is 9.88. The van der Waals surface area contributed by atoms with E-state index in [1.54, 1.807) is 12.1 Å². The molecule has 0 saturated carbocycles. The predicted octanol–water partition coefficient (Wildman–Crippen LogP) is 3.76. The highest BCUT2D eigenvalue weighted by Crippen LogP contribution is 2.24. The Morgan fingerprint density at radius 3 is 1.57 bits per heavy atom. The summed E-state index contributed by atoms with van der Waals surface area (Å²) in [5.41, 5.74) is 3.76. The first-order valence-corrected chi connectivity index (χ1v) is 7.91. The number of rotatable bonds is 8. The van der Waals surface area contributed by atoms with E-state index >= 15 is 0 Å². The minimum atomic E-state index is 0.255. The van der Waals surface area contributed by atoms with Gasteiger partial charge in [0.2, 0.25) is 0 Å². The second-order valence-electron chi connectivity index (χ2n) is 5.38. The minimum Gasteiger partial charge on any atom is -0.508 e. The Morgan fingerprint density at radius 2 is 1.17 bits per heavy atom. The summed E-state index contributed by atoms with van der Waals surface area (Å²) < 4.78 is 10.8. The summed E-state index contributed by atoms with van der Waals surface area (Å²) in [5.74, 6) is 0.509. The molecule has 0 aliphatic heterocycles. The van der Waals surface area contributed by atoms with Crippen LogP contribution in [-0.2, 0) is 29.1 Å². The summed E-state index contributed by atoms with van der Waals surface area (Å²) in [6, 6.07) is 11.1. The lowest BCUT2D eigenvalue weighted by Crippen LogP contribution is -1.97. The highest BCUT2D eigenvalue weighted by Gasteiger charge is 2.07. The van der Waals surface area contributed by atoms with Crippen LogP contribution in [0, 0.1) is 0 Å². The largest absolute Gasteiger partial charge is 0.508 e. The Kier molecular flexibility index (Phi) is 6.44. The second kappa shape index (κ2) is 8.56. The van der Waals surface area contributed by atoms with E-state index in [0.717, 1.165) is 28.7 Å². The van der Waals surface area contributed by atoms with Gasteiger partial charge in [-0.3, -0.25) is 0 Å². The molecule has 2 N–H and O–H groups in total. The van der Waals surface area contributed by atoms with Crippen LogP contribution in [0.1, 0.15) is 36.1 Å². The Bertz CT molecular complexity index is 582. The van der Waals surface area contributed by atoms with Gasteiger partial charge in [0.15, 0.2) is 0 Å². The van der Waals surface area contributed by atoms with Crippen molar-refractivity contribution in [3.8, 4) is 11.5 Å². The van der Waals surface area contributed by atoms with Crippen LogP contribution in [0.4, 0.5) is 0 Å². The molecule has 0 fully saturated rings. The molecule has 2 aromatic rings. The molecule has 0 atom stereocenters. The van der Waals surface area contributed by atoms with Crippen LogP contribution in [0.3, 0.4) is 0 Å². The van der Waals surface area contributed by atoms with Crippen molar-refractivity contribution in [2.45, 2.75) is 33.5 Å². The average molecular weight is 316 g/mol. The van der Waals surface area contributed by atoms with Gasteiger partial charge >= 0.3 is 0 Å². The fourth-order valence-corrected chi connectivity index (χ4v) is 2.39. The number of phenols is 2. The lowest BCUT2D eigenvalue weighted by atomic mass is 10.0. The predicted molar refractivity (Wildman–Crippen MR) is 89.7 cm³/mol. The summed E-state index contributed by atoms with van der Waals surface area (Å²) in [4.78, 5) is 0. The summed E-state index contributed by atoms with van der Waals surface area (Å²) in [6.45, 7) is 5.89. The molecule has 4 heteroatoms. The molecule has 0 unspecified atom stereocenters. The van der Waals surface area contributed by atoms with Gasteiger partial charge in [-0.2, -0.15) is 0 Å². The van der Waals surface area contributed by atoms with Gasteiger partial charge in [-0.25, -0.2) is 0 Å². The van der Waals surface area contributed by atoms with Crippen LogP contribution >= 0.6 is 0 Å². The van der Waals surface area contributed by atoms with Gasteiger partial charge in [0, 0.05) is 24.3 Å². The van der Waals surface area contributed by atoms with Crippen LogP contribution in [-0.4, -0.2) is 23.4 Å². The quantitative estimate of drug-likeness (QED) is 0.778. The fourth-order valence-electron chi connectivity index (χ4n) is 2.39. The van der Waals surface area contributed by atoms with Crippen molar-refractivity contribution in [2.24, 2.45) is 0 Å². The first-order chi connectivity index (χ1) is 11.1. The Hall–Kier alpha value is -2.04. The standard InChI is InChI=1S/C19H24O4/c1-3-22-12-16-10-14(5-7-18(16)20)9-15-6-8-19(21)17(11-15)13-23-4-2/h5-8,10-11,20-21H,3-4,9,12-13H2,1-2H3. The van der Waals surface area contributed by atoms with E-state index in [-0.39, 0.29) is 11.5 Å². The van der Waals surface area contributed by atoms with Crippen LogP contribution in [0.5, 0.6) is 11.5 Å². The molecule has 0 bridgehead atoms. The maximum absolute atomic E-state index is 9.88. The summed E-state index contributed by atoms with van der Waals surface area (Å²) in [5, 5.41) is 19.8. The minimum absolute atomic E-state index is 0.255. The monoisotopic (exact) mass is 316 g/mol. The van der Waals surface area contributed by atoms with Crippen molar-refractivity contribution < 1.29 is 19.7 Å². The zero-order chi connectivity index (χ0) is 16.7. The van der Waals surface area contributed by atoms with Crippen LogP contribution < -0.4 is 0 Å². The Labute approximate surface area is 137 Å². The molecule has 0 aliphatic carbocycles. The molecule has 4 nitrogen and oxygen atoms in total. The highest BCUT2D eigenvalue weighted by molar-refractivity contribution is 5.41. The van der Waals surface area contributed by atoms with E-state index in [0.29, 0.717) is 26.4 Å². The van der Waals surface area contributed by atoms with Crippen LogP contribution in [0.2, 0.25) is 0 Å². The number of hydrogen-bond donors (Lipinski definition) is 2. The van der Waals surface area contributed by atoms with Crippen molar-refractivity contribution in [3.05, 3.63) is 58.7 Å². The molecule has 0 saturated heterocycles. The van der Waals surface area contributed by atoms with Gasteiger partial charge in [0.05, 0.1) is 13.2 Å². The number of ether oxygens (including phenoxy) is 2. The molecule has 124 valence electrons. The molecule has 0 spiro atoms. The van der Waals surface area contributed by atoms with Gasteiger partial charge in [-0.1, -0.05) is 12.1 Å². The van der Waals surface area contributed by atoms with E-state index in [2.05, 4.69) is 0 Å². The zero-order valence-corrected chi connectivity index (χ0v) is 13.7. The molecule has 0 amide bonds. The molecule has 23 heavy (non-hydrogen) atoms. The van der Waals surface area contributed by atoms with E-state index < -0.39 is 0 Å². The van der Waals surface area contributed by atoms with Gasteiger partial charge in [-0.15, -0.1) is 0 Å². The van der Waals surface area contributed by atoms with Crippen molar-refractivity contribution >= 4 is 0 Å². The first kappa shape index (κ1) is 17.3. The molecule has 2 rings (SSSR count). The maximum Gasteiger partial charge on any atom is 0.121 e. The first-order valence-electron chi connectivity index (χ1n) is 7.91. The van der Waals surface area contributed by atoms with E-state index in [1.165, 1.54) is 0 Å². The number of aromatic hydroxyl groups is 2. The third-order valence-electron chi connectivity index (χ3n) is 3.62. The third-order valence-corrected chi connectivity index (χ3v) is 3.62. The van der Waals surface area contributed by atoms with Gasteiger partial charge in [0.25, 0.3) is 0 Å². The molecule has 2 aromatic carbocycles. The van der Waals surface area contributed by atoms with Crippen molar-refractivity contribution in [1.82, 2.24) is 0 Å². The highest BCUT2D eigenvalue weighted by atomic mass is 16.5. The van der Waals surface area contributed by atoms with Crippen molar-refractivity contribution in [2.75, 3.05) is 13.2 Å². The second-order valence-corrected chi connectivity index (χ2v) is 5.38. The number of hydrogen-bond acceptors (Lipinski definition) is 4. The summed E-state index contributed by atoms with van der Waals surface area (Å²) in [6.07, 6.45) is 0.721.